The first-order valence-corrected chi connectivity index (χ1v) is 12.8. The highest BCUT2D eigenvalue weighted by atomic mass is 16.6. The molecule has 3 aliphatic rings. The number of phenolic OH excluding ortho intramolecular Hbond substituents is 1. The Bertz CT molecular complexity index is 1260. The van der Waals surface area contributed by atoms with Crippen molar-refractivity contribution in [2.24, 2.45) is 0 Å². The van der Waals surface area contributed by atoms with Crippen molar-refractivity contribution < 1.29 is 38.4 Å². The second-order valence-electron chi connectivity index (χ2n) is 9.68. The fourth-order valence-corrected chi connectivity index (χ4v) is 5.08. The molecule has 0 saturated carbocycles. The summed E-state index contributed by atoms with van der Waals surface area (Å²) in [5.41, 5.74) is 1.53. The third kappa shape index (κ3) is 5.33. The van der Waals surface area contributed by atoms with Gasteiger partial charge < -0.3 is 24.1 Å². The van der Waals surface area contributed by atoms with Gasteiger partial charge in [-0.2, -0.15) is 0 Å². The van der Waals surface area contributed by atoms with Crippen molar-refractivity contribution in [3.63, 3.8) is 0 Å². The van der Waals surface area contributed by atoms with E-state index in [2.05, 4.69) is 0 Å². The summed E-state index contributed by atoms with van der Waals surface area (Å²) in [4.78, 5) is 38.0. The van der Waals surface area contributed by atoms with Crippen LogP contribution < -0.4 is 14.2 Å². The monoisotopic (exact) mass is 506 g/mol. The molecule has 2 aromatic carbocycles. The number of hydrogen-bond acceptors (Lipinski definition) is 8. The number of cyclic esters (lactones) is 1. The number of fused-ring (bicyclic) bond motifs is 3. The second-order valence-corrected chi connectivity index (χ2v) is 9.68. The van der Waals surface area contributed by atoms with Crippen molar-refractivity contribution in [3.8, 4) is 23.0 Å². The van der Waals surface area contributed by atoms with Gasteiger partial charge in [-0.05, 0) is 61.9 Å². The molecule has 2 atom stereocenters. The van der Waals surface area contributed by atoms with E-state index in [0.717, 1.165) is 5.56 Å². The van der Waals surface area contributed by atoms with Gasteiger partial charge >= 0.3 is 11.9 Å². The standard InChI is InChI=1S/C29H30O8/c1-17-6-5-9-20(30)8-4-2-3-7-19-15-24-27(28(32)26(19)29(33)36-17)21(16-25(31)37-24)18-10-11-22-23(14-18)35-13-12-34-22/h3,7,10-11,14-15,17,21,32H,2,4-6,8-9,12-13,16H2,1H3/b7-3+/t17-,21+/m0/s1. The Labute approximate surface area is 215 Å². The van der Waals surface area contributed by atoms with Crippen LogP contribution >= 0.6 is 0 Å². The highest BCUT2D eigenvalue weighted by Crippen LogP contribution is 2.48. The van der Waals surface area contributed by atoms with Crippen LogP contribution in [-0.4, -0.2) is 42.1 Å². The zero-order chi connectivity index (χ0) is 25.9. The fraction of sp³-hybridized carbons (Fsp3) is 0.414. The SMILES string of the molecule is C[C@H]1CCCC(=O)CCC/C=C/c2cc3c(c(O)c2C(=O)O1)[C@@H](c1ccc2c(c1)OCCO2)CC(=O)O3. The zero-order valence-electron chi connectivity index (χ0n) is 20.8. The average Bonchev–Trinajstić information content (AvgIpc) is 2.87. The maximum absolute atomic E-state index is 13.3. The first-order chi connectivity index (χ1) is 17.9. The molecule has 0 bridgehead atoms. The molecule has 37 heavy (non-hydrogen) atoms. The molecular formula is C29H30O8. The average molecular weight is 507 g/mol. The van der Waals surface area contributed by atoms with E-state index in [-0.39, 0.29) is 29.3 Å². The van der Waals surface area contributed by atoms with E-state index < -0.39 is 24.0 Å². The Kier molecular flexibility index (Phi) is 7.17. The lowest BCUT2D eigenvalue weighted by Gasteiger charge is -2.28. The smallest absolute Gasteiger partial charge is 0.342 e. The van der Waals surface area contributed by atoms with Gasteiger partial charge in [-0.25, -0.2) is 4.79 Å². The number of carbonyl (C=O) groups excluding carboxylic acids is 3. The first kappa shape index (κ1) is 24.9. The van der Waals surface area contributed by atoms with Crippen LogP contribution in [0.3, 0.4) is 0 Å². The van der Waals surface area contributed by atoms with Crippen molar-refractivity contribution >= 4 is 23.8 Å². The molecule has 3 heterocycles. The zero-order valence-corrected chi connectivity index (χ0v) is 20.8. The molecule has 8 nitrogen and oxygen atoms in total. The number of ether oxygens (including phenoxy) is 4. The second kappa shape index (κ2) is 10.7. The van der Waals surface area contributed by atoms with Gasteiger partial charge in [-0.15, -0.1) is 0 Å². The lowest BCUT2D eigenvalue weighted by atomic mass is 9.83. The normalized spacial score (nSPS) is 23.1. The van der Waals surface area contributed by atoms with Crippen molar-refractivity contribution in [1.82, 2.24) is 0 Å². The Hall–Kier alpha value is -3.81. The molecule has 0 aliphatic carbocycles. The summed E-state index contributed by atoms with van der Waals surface area (Å²) >= 11 is 0. The number of esters is 2. The van der Waals surface area contributed by atoms with E-state index in [1.807, 2.05) is 12.1 Å². The molecule has 5 rings (SSSR count). The van der Waals surface area contributed by atoms with Crippen LogP contribution in [0.15, 0.2) is 30.3 Å². The minimum atomic E-state index is -0.659. The molecule has 1 N–H and O–H groups in total. The van der Waals surface area contributed by atoms with Crippen LogP contribution in [0.25, 0.3) is 6.08 Å². The molecule has 8 heteroatoms. The molecular weight excluding hydrogens is 476 g/mol. The van der Waals surface area contributed by atoms with Crippen molar-refractivity contribution in [1.29, 1.82) is 0 Å². The van der Waals surface area contributed by atoms with Crippen molar-refractivity contribution in [3.05, 3.63) is 52.6 Å². The van der Waals surface area contributed by atoms with E-state index in [9.17, 15) is 19.5 Å². The third-order valence-corrected chi connectivity index (χ3v) is 6.95. The number of hydrogen-bond donors (Lipinski definition) is 1. The Morgan fingerprint density at radius 3 is 2.57 bits per heavy atom. The van der Waals surface area contributed by atoms with Gasteiger partial charge in [0.05, 0.1) is 12.5 Å². The number of rotatable bonds is 1. The molecule has 0 unspecified atom stereocenters. The number of ketones is 1. The predicted octanol–water partition coefficient (Wildman–Crippen LogP) is 5.09. The van der Waals surface area contributed by atoms with Crippen LogP contribution in [0.2, 0.25) is 0 Å². The van der Waals surface area contributed by atoms with Crippen LogP contribution in [0, 0.1) is 0 Å². The molecule has 0 spiro atoms. The summed E-state index contributed by atoms with van der Waals surface area (Å²) in [6.07, 6.45) is 6.59. The first-order valence-electron chi connectivity index (χ1n) is 12.8. The maximum Gasteiger partial charge on any atom is 0.342 e. The molecule has 194 valence electrons. The number of allylic oxidation sites excluding steroid dienone is 1. The van der Waals surface area contributed by atoms with Crippen LogP contribution in [0.5, 0.6) is 23.0 Å². The lowest BCUT2D eigenvalue weighted by Crippen LogP contribution is -2.23. The summed E-state index contributed by atoms with van der Waals surface area (Å²) in [6, 6.07) is 7.01. The summed E-state index contributed by atoms with van der Waals surface area (Å²) in [5.74, 6) is -0.319. The van der Waals surface area contributed by atoms with Crippen molar-refractivity contribution in [2.45, 2.75) is 63.9 Å². The Balaban J connectivity index is 1.58. The van der Waals surface area contributed by atoms with Gasteiger partial charge in [0, 0.05) is 24.3 Å². The highest BCUT2D eigenvalue weighted by Gasteiger charge is 2.36. The number of carbonyl (C=O) groups is 3. The summed E-state index contributed by atoms with van der Waals surface area (Å²) in [7, 11) is 0. The van der Waals surface area contributed by atoms with E-state index >= 15 is 0 Å². The predicted molar refractivity (Wildman–Crippen MR) is 134 cm³/mol. The number of phenols is 1. The van der Waals surface area contributed by atoms with Gasteiger partial charge in [-0.3, -0.25) is 9.59 Å². The molecule has 2 aromatic rings. The largest absolute Gasteiger partial charge is 0.507 e. The van der Waals surface area contributed by atoms with E-state index in [0.29, 0.717) is 74.4 Å². The van der Waals surface area contributed by atoms with E-state index in [1.165, 1.54) is 0 Å². The number of Topliss-reactive ketones (excluding diaryl/α,β-unsaturated/α-hetero) is 1. The van der Waals surface area contributed by atoms with Gasteiger partial charge in [0.2, 0.25) is 0 Å². The van der Waals surface area contributed by atoms with Gasteiger partial charge in [-0.1, -0.05) is 18.2 Å². The van der Waals surface area contributed by atoms with Crippen LogP contribution in [-0.2, 0) is 14.3 Å². The molecule has 0 aromatic heterocycles. The van der Waals surface area contributed by atoms with Gasteiger partial charge in [0.15, 0.2) is 11.5 Å². The van der Waals surface area contributed by atoms with Crippen LogP contribution in [0.1, 0.15) is 84.8 Å². The highest BCUT2D eigenvalue weighted by molar-refractivity contribution is 5.98. The summed E-state index contributed by atoms with van der Waals surface area (Å²) < 4.78 is 22.5. The molecule has 0 fully saturated rings. The Morgan fingerprint density at radius 2 is 1.73 bits per heavy atom. The minimum Gasteiger partial charge on any atom is -0.507 e. The topological polar surface area (TPSA) is 108 Å². The number of aromatic hydroxyl groups is 1. The van der Waals surface area contributed by atoms with E-state index in [4.69, 9.17) is 18.9 Å². The van der Waals surface area contributed by atoms with E-state index in [1.54, 1.807) is 31.2 Å². The third-order valence-electron chi connectivity index (χ3n) is 6.95. The summed E-state index contributed by atoms with van der Waals surface area (Å²) in [5, 5.41) is 11.5. The number of benzene rings is 2. The Morgan fingerprint density at radius 1 is 0.946 bits per heavy atom. The maximum atomic E-state index is 13.3. The van der Waals surface area contributed by atoms with Crippen LogP contribution in [0.4, 0.5) is 0 Å². The quantitative estimate of drug-likeness (QED) is 0.421. The lowest BCUT2D eigenvalue weighted by molar-refractivity contribution is -0.135. The summed E-state index contributed by atoms with van der Waals surface area (Å²) in [6.45, 7) is 2.66. The molecule has 3 aliphatic heterocycles. The van der Waals surface area contributed by atoms with Gasteiger partial charge in [0.25, 0.3) is 0 Å². The minimum absolute atomic E-state index is 0.00565. The molecule has 0 saturated heterocycles. The van der Waals surface area contributed by atoms with Crippen molar-refractivity contribution in [2.75, 3.05) is 13.2 Å². The molecule has 0 radical (unpaired) electrons. The molecule has 0 amide bonds. The van der Waals surface area contributed by atoms with Gasteiger partial charge in [0.1, 0.15) is 36.1 Å². The fourth-order valence-electron chi connectivity index (χ4n) is 5.08.